The highest BCUT2D eigenvalue weighted by atomic mass is 32.2. The highest BCUT2D eigenvalue weighted by Crippen LogP contribution is 2.09. The summed E-state index contributed by atoms with van der Waals surface area (Å²) in [6.07, 6.45) is 2.49. The van der Waals surface area contributed by atoms with Crippen molar-refractivity contribution in [3.8, 4) is 0 Å². The van der Waals surface area contributed by atoms with Crippen LogP contribution in [0.15, 0.2) is 0 Å². The third-order valence-corrected chi connectivity index (χ3v) is 3.83. The fourth-order valence-corrected chi connectivity index (χ4v) is 2.26. The maximum atomic E-state index is 11.8. The Bertz CT molecular complexity index is 274. The van der Waals surface area contributed by atoms with E-state index in [9.17, 15) is 9.59 Å². The molecule has 0 N–H and O–H groups in total. The van der Waals surface area contributed by atoms with Gasteiger partial charge in [-0.15, -0.1) is 0 Å². The number of carbonyl (C=O) groups excluding carboxylic acids is 2. The molecule has 0 saturated carbocycles. The van der Waals surface area contributed by atoms with E-state index in [4.69, 9.17) is 0 Å². The zero-order chi connectivity index (χ0) is 12.8. The molecule has 4 nitrogen and oxygen atoms in total. The summed E-state index contributed by atoms with van der Waals surface area (Å²) in [6.45, 7) is 7.83. The van der Waals surface area contributed by atoms with Gasteiger partial charge in [0.25, 0.3) is 0 Å². The van der Waals surface area contributed by atoms with Crippen molar-refractivity contribution in [3.63, 3.8) is 0 Å². The SMILES string of the molecule is CSC(=O)CCC(=O)N1CCN(C(C)C)CC1. The summed E-state index contributed by atoms with van der Waals surface area (Å²) >= 11 is 1.20. The molecule has 1 amide bonds. The van der Waals surface area contributed by atoms with Crippen LogP contribution >= 0.6 is 11.8 Å². The van der Waals surface area contributed by atoms with Crippen LogP contribution in [0.25, 0.3) is 0 Å². The van der Waals surface area contributed by atoms with Gasteiger partial charge >= 0.3 is 0 Å². The maximum absolute atomic E-state index is 11.8. The van der Waals surface area contributed by atoms with Crippen molar-refractivity contribution in [2.75, 3.05) is 32.4 Å². The predicted octanol–water partition coefficient (Wildman–Crippen LogP) is 1.21. The van der Waals surface area contributed by atoms with Crippen LogP contribution in [-0.4, -0.2) is 59.3 Å². The third kappa shape index (κ3) is 4.68. The van der Waals surface area contributed by atoms with Crippen LogP contribution in [0, 0.1) is 0 Å². The molecule has 0 unspecified atom stereocenters. The van der Waals surface area contributed by atoms with Gasteiger partial charge in [-0.3, -0.25) is 14.5 Å². The molecule has 0 atom stereocenters. The minimum atomic E-state index is 0.0965. The predicted molar refractivity (Wildman–Crippen MR) is 71.0 cm³/mol. The van der Waals surface area contributed by atoms with Crippen molar-refractivity contribution in [1.29, 1.82) is 0 Å². The Morgan fingerprint density at radius 2 is 1.71 bits per heavy atom. The first-order valence-corrected chi connectivity index (χ1v) is 7.35. The van der Waals surface area contributed by atoms with Crippen molar-refractivity contribution in [2.24, 2.45) is 0 Å². The van der Waals surface area contributed by atoms with Crippen LogP contribution in [-0.2, 0) is 9.59 Å². The number of hydrogen-bond donors (Lipinski definition) is 0. The Kier molecular flexibility index (Phi) is 5.98. The highest BCUT2D eigenvalue weighted by Gasteiger charge is 2.22. The van der Waals surface area contributed by atoms with Crippen LogP contribution in [0.2, 0.25) is 0 Å². The van der Waals surface area contributed by atoms with Gasteiger partial charge in [-0.25, -0.2) is 0 Å². The third-order valence-electron chi connectivity index (χ3n) is 3.17. The molecule has 0 aromatic heterocycles. The van der Waals surface area contributed by atoms with E-state index in [1.165, 1.54) is 11.8 Å². The summed E-state index contributed by atoms with van der Waals surface area (Å²) in [6, 6.07) is 0.547. The Balaban J connectivity index is 2.28. The zero-order valence-corrected chi connectivity index (χ0v) is 11.8. The van der Waals surface area contributed by atoms with E-state index in [2.05, 4.69) is 18.7 Å². The minimum Gasteiger partial charge on any atom is -0.340 e. The largest absolute Gasteiger partial charge is 0.340 e. The minimum absolute atomic E-state index is 0.0965. The van der Waals surface area contributed by atoms with Crippen LogP contribution in [0.3, 0.4) is 0 Å². The van der Waals surface area contributed by atoms with E-state index in [0.29, 0.717) is 18.9 Å². The molecule has 1 aliphatic rings. The fraction of sp³-hybridized carbons (Fsp3) is 0.833. The van der Waals surface area contributed by atoms with Crippen LogP contribution in [0.4, 0.5) is 0 Å². The summed E-state index contributed by atoms with van der Waals surface area (Å²) in [5.41, 5.74) is 0. The van der Waals surface area contributed by atoms with Gasteiger partial charge in [0.15, 0.2) is 5.12 Å². The van der Waals surface area contributed by atoms with E-state index in [0.717, 1.165) is 26.2 Å². The van der Waals surface area contributed by atoms with Gasteiger partial charge < -0.3 is 4.90 Å². The molecule has 0 aromatic carbocycles. The van der Waals surface area contributed by atoms with E-state index >= 15 is 0 Å². The number of piperazine rings is 1. The standard InChI is InChI=1S/C12H22N2O2S/c1-10(2)13-6-8-14(9-7-13)11(15)4-5-12(16)17-3/h10H,4-9H2,1-3H3. The number of carbonyl (C=O) groups is 2. The zero-order valence-electron chi connectivity index (χ0n) is 10.9. The Morgan fingerprint density at radius 1 is 1.12 bits per heavy atom. The molecular formula is C12H22N2O2S. The monoisotopic (exact) mass is 258 g/mol. The van der Waals surface area contributed by atoms with Crippen molar-refractivity contribution < 1.29 is 9.59 Å². The van der Waals surface area contributed by atoms with Crippen molar-refractivity contribution in [1.82, 2.24) is 9.80 Å². The second-order valence-corrected chi connectivity index (χ2v) is 5.45. The smallest absolute Gasteiger partial charge is 0.223 e. The number of rotatable bonds is 4. The summed E-state index contributed by atoms with van der Waals surface area (Å²) in [5.74, 6) is 0.121. The Hall–Kier alpha value is -0.550. The van der Waals surface area contributed by atoms with Gasteiger partial charge in [0.1, 0.15) is 0 Å². The number of amides is 1. The topological polar surface area (TPSA) is 40.6 Å². The molecule has 17 heavy (non-hydrogen) atoms. The van der Waals surface area contributed by atoms with Gasteiger partial charge in [0.05, 0.1) is 0 Å². The molecule has 98 valence electrons. The summed E-state index contributed by atoms with van der Waals surface area (Å²) in [7, 11) is 0. The average Bonchev–Trinajstić information content (AvgIpc) is 2.35. The van der Waals surface area contributed by atoms with Crippen LogP contribution < -0.4 is 0 Å². The molecule has 0 bridgehead atoms. The highest BCUT2D eigenvalue weighted by molar-refractivity contribution is 8.13. The molecule has 0 aliphatic carbocycles. The number of nitrogens with zero attached hydrogens (tertiary/aromatic N) is 2. The molecule has 1 heterocycles. The molecule has 1 aliphatic heterocycles. The van der Waals surface area contributed by atoms with E-state index in [1.807, 2.05) is 4.90 Å². The molecular weight excluding hydrogens is 236 g/mol. The quantitative estimate of drug-likeness (QED) is 0.760. The van der Waals surface area contributed by atoms with Crippen molar-refractivity contribution in [2.45, 2.75) is 32.7 Å². The first-order chi connectivity index (χ1) is 8.04. The second-order valence-electron chi connectivity index (χ2n) is 4.59. The molecule has 1 saturated heterocycles. The second kappa shape index (κ2) is 7.01. The molecule has 0 spiro atoms. The van der Waals surface area contributed by atoms with Gasteiger partial charge in [0.2, 0.25) is 5.91 Å². The van der Waals surface area contributed by atoms with Crippen molar-refractivity contribution >= 4 is 22.8 Å². The number of thioether (sulfide) groups is 1. The molecule has 1 fully saturated rings. The van der Waals surface area contributed by atoms with Gasteiger partial charge in [-0.2, -0.15) is 0 Å². The molecule has 1 rings (SSSR count). The number of hydrogen-bond acceptors (Lipinski definition) is 4. The lowest BCUT2D eigenvalue weighted by Gasteiger charge is -2.36. The van der Waals surface area contributed by atoms with E-state index in [-0.39, 0.29) is 11.0 Å². The van der Waals surface area contributed by atoms with Gasteiger partial charge in [-0.1, -0.05) is 11.8 Å². The first kappa shape index (κ1) is 14.5. The lowest BCUT2D eigenvalue weighted by molar-refractivity contribution is -0.134. The lowest BCUT2D eigenvalue weighted by Crippen LogP contribution is -2.50. The average molecular weight is 258 g/mol. The molecule has 0 aromatic rings. The van der Waals surface area contributed by atoms with Gasteiger partial charge in [-0.05, 0) is 20.1 Å². The normalized spacial score (nSPS) is 17.5. The van der Waals surface area contributed by atoms with Crippen LogP contribution in [0.1, 0.15) is 26.7 Å². The molecule has 5 heteroatoms. The maximum Gasteiger partial charge on any atom is 0.223 e. The fourth-order valence-electron chi connectivity index (χ4n) is 1.96. The Labute approximate surface area is 108 Å². The summed E-state index contributed by atoms with van der Waals surface area (Å²) in [5, 5.41) is 0.0965. The van der Waals surface area contributed by atoms with E-state index < -0.39 is 0 Å². The van der Waals surface area contributed by atoms with Crippen LogP contribution in [0.5, 0.6) is 0 Å². The van der Waals surface area contributed by atoms with Gasteiger partial charge in [0, 0.05) is 45.1 Å². The summed E-state index contributed by atoms with van der Waals surface area (Å²) in [4.78, 5) is 27.2. The first-order valence-electron chi connectivity index (χ1n) is 6.13. The molecule has 0 radical (unpaired) electrons. The lowest BCUT2D eigenvalue weighted by atomic mass is 10.2. The summed E-state index contributed by atoms with van der Waals surface area (Å²) < 4.78 is 0. The Morgan fingerprint density at radius 3 is 2.18 bits per heavy atom. The van der Waals surface area contributed by atoms with Crippen molar-refractivity contribution in [3.05, 3.63) is 0 Å². The van der Waals surface area contributed by atoms with E-state index in [1.54, 1.807) is 6.26 Å².